The molecular weight excluding hydrogens is 244 g/mol. The third-order valence-corrected chi connectivity index (χ3v) is 4.06. The molecule has 0 aromatic heterocycles. The largest absolute Gasteiger partial charge is 0.369 e. The number of hydrogen-bond donors (Lipinski definition) is 1. The fraction of sp³-hybridized carbons (Fsp3) is 0.600. The van der Waals surface area contributed by atoms with Gasteiger partial charge in [0.1, 0.15) is 0 Å². The minimum atomic E-state index is 0.600. The molecule has 0 saturated carbocycles. The Labute approximate surface area is 115 Å². The molecule has 1 atom stereocenters. The summed E-state index contributed by atoms with van der Waals surface area (Å²) in [5.41, 5.74) is 8.33. The van der Waals surface area contributed by atoms with Gasteiger partial charge in [-0.2, -0.15) is 0 Å². The Kier molecular flexibility index (Phi) is 4.90. The first kappa shape index (κ1) is 13.7. The number of anilines is 1. The summed E-state index contributed by atoms with van der Waals surface area (Å²) in [6, 6.07) is 6.80. The fourth-order valence-corrected chi connectivity index (χ4v) is 2.97. The third kappa shape index (κ3) is 3.18. The summed E-state index contributed by atoms with van der Waals surface area (Å²) < 4.78 is 0. The molecule has 0 spiro atoms. The van der Waals surface area contributed by atoms with Crippen LogP contribution in [-0.2, 0) is 6.42 Å². The van der Waals surface area contributed by atoms with Gasteiger partial charge in [-0.05, 0) is 50.4 Å². The molecule has 1 fully saturated rings. The molecule has 100 valence electrons. The van der Waals surface area contributed by atoms with Crippen LogP contribution in [0.5, 0.6) is 0 Å². The van der Waals surface area contributed by atoms with Crippen molar-refractivity contribution in [2.75, 3.05) is 18.0 Å². The molecule has 3 heteroatoms. The van der Waals surface area contributed by atoms with Crippen LogP contribution in [0.15, 0.2) is 18.2 Å². The predicted octanol–water partition coefficient (Wildman–Crippen LogP) is 3.61. The molecule has 0 aliphatic carbocycles. The van der Waals surface area contributed by atoms with Crippen molar-refractivity contribution in [3.63, 3.8) is 0 Å². The lowest BCUT2D eigenvalue weighted by molar-refractivity contribution is 0.614. The zero-order chi connectivity index (χ0) is 13.0. The molecule has 1 unspecified atom stereocenters. The van der Waals surface area contributed by atoms with Crippen LogP contribution in [0.25, 0.3) is 0 Å². The number of hydrogen-bond acceptors (Lipinski definition) is 2. The zero-order valence-corrected chi connectivity index (χ0v) is 11.9. The van der Waals surface area contributed by atoms with Crippen molar-refractivity contribution in [2.24, 2.45) is 5.73 Å². The number of nitrogens with zero attached hydrogens (tertiary/aromatic N) is 1. The molecule has 0 amide bonds. The zero-order valence-electron chi connectivity index (χ0n) is 11.2. The highest BCUT2D eigenvalue weighted by Crippen LogP contribution is 2.30. The van der Waals surface area contributed by atoms with Gasteiger partial charge in [0.15, 0.2) is 0 Å². The van der Waals surface area contributed by atoms with Gasteiger partial charge in [0.05, 0.1) is 0 Å². The van der Waals surface area contributed by atoms with E-state index in [1.165, 1.54) is 36.9 Å². The first-order chi connectivity index (χ1) is 8.72. The van der Waals surface area contributed by atoms with Gasteiger partial charge in [0.25, 0.3) is 0 Å². The number of nitrogens with two attached hydrogens (primary N) is 1. The highest BCUT2D eigenvalue weighted by Gasteiger charge is 2.19. The molecule has 2 N–H and O–H groups in total. The van der Waals surface area contributed by atoms with E-state index in [-0.39, 0.29) is 0 Å². The van der Waals surface area contributed by atoms with E-state index in [9.17, 15) is 0 Å². The van der Waals surface area contributed by atoms with Crippen molar-refractivity contribution >= 4 is 17.3 Å². The monoisotopic (exact) mass is 266 g/mol. The Hall–Kier alpha value is -0.730. The molecule has 1 aromatic rings. The van der Waals surface area contributed by atoms with Crippen LogP contribution in [0, 0.1) is 0 Å². The fourth-order valence-electron chi connectivity index (χ4n) is 2.80. The van der Waals surface area contributed by atoms with Crippen molar-refractivity contribution in [2.45, 2.75) is 45.1 Å². The first-order valence-electron chi connectivity index (χ1n) is 6.97. The Bertz CT molecular complexity index is 392. The highest BCUT2D eigenvalue weighted by molar-refractivity contribution is 6.30. The minimum Gasteiger partial charge on any atom is -0.369 e. The van der Waals surface area contributed by atoms with E-state index >= 15 is 0 Å². The number of halogens is 1. The van der Waals surface area contributed by atoms with E-state index in [0.29, 0.717) is 12.6 Å². The van der Waals surface area contributed by atoms with Crippen LogP contribution < -0.4 is 10.6 Å². The van der Waals surface area contributed by atoms with Crippen LogP contribution in [-0.4, -0.2) is 19.1 Å². The second-order valence-corrected chi connectivity index (χ2v) is 5.64. The Balaban J connectivity index is 2.31. The van der Waals surface area contributed by atoms with E-state index in [2.05, 4.69) is 24.0 Å². The maximum Gasteiger partial charge on any atom is 0.0426 e. The van der Waals surface area contributed by atoms with Crippen molar-refractivity contribution in [1.29, 1.82) is 0 Å². The molecule has 2 nitrogen and oxygen atoms in total. The number of rotatable bonds is 3. The first-order valence-corrected chi connectivity index (χ1v) is 7.35. The molecule has 1 heterocycles. The maximum atomic E-state index is 6.17. The molecule has 1 aromatic carbocycles. The lowest BCUT2D eigenvalue weighted by Gasteiger charge is -2.31. The summed E-state index contributed by atoms with van der Waals surface area (Å²) in [5.74, 6) is 0. The molecule has 1 aliphatic heterocycles. The van der Waals surface area contributed by atoms with Crippen LogP contribution >= 0.6 is 11.6 Å². The summed E-state index contributed by atoms with van der Waals surface area (Å²) in [4.78, 5) is 2.52. The van der Waals surface area contributed by atoms with Crippen LogP contribution in [0.1, 0.15) is 38.2 Å². The third-order valence-electron chi connectivity index (χ3n) is 3.82. The summed E-state index contributed by atoms with van der Waals surface area (Å²) >= 11 is 6.17. The Morgan fingerprint density at radius 3 is 2.94 bits per heavy atom. The molecule has 2 rings (SSSR count). The van der Waals surface area contributed by atoms with Gasteiger partial charge >= 0.3 is 0 Å². The Morgan fingerprint density at radius 1 is 1.33 bits per heavy atom. The van der Waals surface area contributed by atoms with E-state index in [1.807, 2.05) is 6.07 Å². The highest BCUT2D eigenvalue weighted by atomic mass is 35.5. The SMILES string of the molecule is CC1CCCCCN1c1cc(Cl)ccc1CCN. The second kappa shape index (κ2) is 6.44. The summed E-state index contributed by atoms with van der Waals surface area (Å²) in [6.07, 6.45) is 6.15. The van der Waals surface area contributed by atoms with Gasteiger partial charge in [0, 0.05) is 23.3 Å². The van der Waals surface area contributed by atoms with E-state index in [1.54, 1.807) is 0 Å². The average molecular weight is 267 g/mol. The molecule has 1 saturated heterocycles. The van der Waals surface area contributed by atoms with Crippen molar-refractivity contribution in [1.82, 2.24) is 0 Å². The van der Waals surface area contributed by atoms with Crippen LogP contribution in [0.3, 0.4) is 0 Å². The minimum absolute atomic E-state index is 0.600. The van der Waals surface area contributed by atoms with Crippen LogP contribution in [0.4, 0.5) is 5.69 Å². The van der Waals surface area contributed by atoms with Gasteiger partial charge in [-0.25, -0.2) is 0 Å². The second-order valence-electron chi connectivity index (χ2n) is 5.20. The van der Waals surface area contributed by atoms with Gasteiger partial charge in [0.2, 0.25) is 0 Å². The van der Waals surface area contributed by atoms with E-state index in [0.717, 1.165) is 18.0 Å². The molecule has 18 heavy (non-hydrogen) atoms. The Morgan fingerprint density at radius 2 is 2.17 bits per heavy atom. The molecule has 0 bridgehead atoms. The standard InChI is InChI=1S/C15H23ClN2/c1-12-5-3-2-4-10-18(12)15-11-14(16)7-6-13(15)8-9-17/h6-7,11-12H,2-5,8-10,17H2,1H3. The lowest BCUT2D eigenvalue weighted by atomic mass is 10.1. The van der Waals surface area contributed by atoms with Gasteiger partial charge in [-0.15, -0.1) is 0 Å². The average Bonchev–Trinajstić information content (AvgIpc) is 2.56. The summed E-state index contributed by atoms with van der Waals surface area (Å²) in [6.45, 7) is 4.15. The predicted molar refractivity (Wildman–Crippen MR) is 79.5 cm³/mol. The smallest absolute Gasteiger partial charge is 0.0426 e. The van der Waals surface area contributed by atoms with Gasteiger partial charge in [-0.3, -0.25) is 0 Å². The normalized spacial score (nSPS) is 20.8. The lowest BCUT2D eigenvalue weighted by Crippen LogP contribution is -2.33. The van der Waals surface area contributed by atoms with Crippen LogP contribution in [0.2, 0.25) is 5.02 Å². The molecular formula is C15H23ClN2. The number of benzene rings is 1. The summed E-state index contributed by atoms with van der Waals surface area (Å²) in [7, 11) is 0. The maximum absolute atomic E-state index is 6.17. The summed E-state index contributed by atoms with van der Waals surface area (Å²) in [5, 5.41) is 0.821. The molecule has 0 radical (unpaired) electrons. The van der Waals surface area contributed by atoms with Gasteiger partial charge < -0.3 is 10.6 Å². The molecule has 1 aliphatic rings. The quantitative estimate of drug-likeness (QED) is 0.906. The van der Waals surface area contributed by atoms with E-state index < -0.39 is 0 Å². The topological polar surface area (TPSA) is 29.3 Å². The van der Waals surface area contributed by atoms with E-state index in [4.69, 9.17) is 17.3 Å². The van der Waals surface area contributed by atoms with Crippen molar-refractivity contribution < 1.29 is 0 Å². The van der Waals surface area contributed by atoms with Gasteiger partial charge in [-0.1, -0.05) is 30.5 Å². The van der Waals surface area contributed by atoms with Crippen molar-refractivity contribution in [3.05, 3.63) is 28.8 Å². The van der Waals surface area contributed by atoms with Crippen molar-refractivity contribution in [3.8, 4) is 0 Å².